The monoisotopic (exact) mass is 257 g/mol. The van der Waals surface area contributed by atoms with E-state index in [9.17, 15) is 0 Å². The second-order valence-corrected chi connectivity index (χ2v) is 5.11. The summed E-state index contributed by atoms with van der Waals surface area (Å²) in [6, 6.07) is 13.4. The van der Waals surface area contributed by atoms with E-state index in [0.717, 1.165) is 12.3 Å². The molecule has 2 nitrogen and oxygen atoms in total. The number of nitrogens with one attached hydrogen (secondary N) is 1. The summed E-state index contributed by atoms with van der Waals surface area (Å²) in [5, 5.41) is 5.99. The van der Waals surface area contributed by atoms with Gasteiger partial charge < -0.3 is 10.1 Å². The Bertz CT molecular complexity index is 550. The van der Waals surface area contributed by atoms with E-state index in [1.807, 2.05) is 6.07 Å². The second kappa shape index (κ2) is 6.07. The van der Waals surface area contributed by atoms with Gasteiger partial charge in [0, 0.05) is 6.04 Å². The zero-order valence-electron chi connectivity index (χ0n) is 12.2. The van der Waals surface area contributed by atoms with Crippen LogP contribution in [0.2, 0.25) is 0 Å². The van der Waals surface area contributed by atoms with Gasteiger partial charge >= 0.3 is 0 Å². The fourth-order valence-corrected chi connectivity index (χ4v) is 2.44. The van der Waals surface area contributed by atoms with Gasteiger partial charge in [0.1, 0.15) is 5.75 Å². The first-order valence-electron chi connectivity index (χ1n) is 6.96. The zero-order valence-corrected chi connectivity index (χ0v) is 12.2. The molecule has 0 aliphatic heterocycles. The number of benzene rings is 2. The van der Waals surface area contributed by atoms with Gasteiger partial charge in [0.15, 0.2) is 0 Å². The number of methoxy groups -OCH3 is 1. The van der Waals surface area contributed by atoms with E-state index >= 15 is 0 Å². The molecule has 0 aliphatic carbocycles. The van der Waals surface area contributed by atoms with Crippen LogP contribution in [0.3, 0.4) is 0 Å². The first-order valence-corrected chi connectivity index (χ1v) is 6.96. The predicted octanol–water partition coefficient (Wildman–Crippen LogP) is 3.95. The molecule has 0 saturated carbocycles. The Morgan fingerprint density at radius 2 is 1.74 bits per heavy atom. The molecule has 0 bridgehead atoms. The van der Waals surface area contributed by atoms with Gasteiger partial charge in [0.25, 0.3) is 0 Å². The van der Waals surface area contributed by atoms with Crippen LogP contribution in [0, 0.1) is 0 Å². The molecule has 0 aliphatic rings. The zero-order chi connectivity index (χ0) is 13.8. The molecular formula is C17H23NO. The van der Waals surface area contributed by atoms with Gasteiger partial charge in [-0.15, -0.1) is 0 Å². The van der Waals surface area contributed by atoms with E-state index in [0.29, 0.717) is 12.0 Å². The molecule has 0 radical (unpaired) electrons. The summed E-state index contributed by atoms with van der Waals surface area (Å²) in [5.74, 6) is 1.42. The SMILES string of the molecule is CCNC(C)C(C)c1ccc2cc(OC)ccc2c1. The van der Waals surface area contributed by atoms with Crippen molar-refractivity contribution in [3.05, 3.63) is 42.0 Å². The lowest BCUT2D eigenvalue weighted by Crippen LogP contribution is -2.30. The molecule has 0 spiro atoms. The summed E-state index contributed by atoms with van der Waals surface area (Å²) < 4.78 is 5.26. The molecule has 0 aromatic heterocycles. The third kappa shape index (κ3) is 3.07. The van der Waals surface area contributed by atoms with Gasteiger partial charge in [-0.2, -0.15) is 0 Å². The average molecular weight is 257 g/mol. The number of likely N-dealkylation sites (N-methyl/N-ethyl adjacent to an activating group) is 1. The summed E-state index contributed by atoms with van der Waals surface area (Å²) in [5.41, 5.74) is 1.38. The van der Waals surface area contributed by atoms with Crippen LogP contribution in [0.15, 0.2) is 36.4 Å². The van der Waals surface area contributed by atoms with Gasteiger partial charge in [0.2, 0.25) is 0 Å². The highest BCUT2D eigenvalue weighted by molar-refractivity contribution is 5.84. The number of hydrogen-bond acceptors (Lipinski definition) is 2. The highest BCUT2D eigenvalue weighted by atomic mass is 16.5. The Morgan fingerprint density at radius 1 is 1.05 bits per heavy atom. The standard InChI is InChI=1S/C17H23NO/c1-5-18-13(3)12(2)14-6-7-16-11-17(19-4)9-8-15(16)10-14/h6-13,18H,5H2,1-4H3. The summed E-state index contributed by atoms with van der Waals surface area (Å²) in [7, 11) is 1.70. The van der Waals surface area contributed by atoms with E-state index in [-0.39, 0.29) is 0 Å². The normalized spacial score (nSPS) is 14.3. The van der Waals surface area contributed by atoms with E-state index < -0.39 is 0 Å². The number of ether oxygens (including phenoxy) is 1. The molecule has 2 unspecified atom stereocenters. The molecule has 2 atom stereocenters. The van der Waals surface area contributed by atoms with E-state index in [1.165, 1.54) is 16.3 Å². The van der Waals surface area contributed by atoms with E-state index in [1.54, 1.807) is 7.11 Å². The molecule has 2 aromatic carbocycles. The fourth-order valence-electron chi connectivity index (χ4n) is 2.44. The van der Waals surface area contributed by atoms with Crippen molar-refractivity contribution in [3.63, 3.8) is 0 Å². The fraction of sp³-hybridized carbons (Fsp3) is 0.412. The van der Waals surface area contributed by atoms with Crippen LogP contribution >= 0.6 is 0 Å². The van der Waals surface area contributed by atoms with Crippen LogP contribution in [0.5, 0.6) is 5.75 Å². The summed E-state index contributed by atoms with van der Waals surface area (Å²) in [6.07, 6.45) is 0. The van der Waals surface area contributed by atoms with Crippen molar-refractivity contribution < 1.29 is 4.74 Å². The molecule has 0 saturated heterocycles. The van der Waals surface area contributed by atoms with Gasteiger partial charge in [-0.05, 0) is 47.9 Å². The Morgan fingerprint density at radius 3 is 2.42 bits per heavy atom. The highest BCUT2D eigenvalue weighted by Gasteiger charge is 2.13. The van der Waals surface area contributed by atoms with Crippen LogP contribution in [-0.4, -0.2) is 19.7 Å². The minimum atomic E-state index is 0.487. The van der Waals surface area contributed by atoms with Crippen molar-refractivity contribution in [2.45, 2.75) is 32.7 Å². The lowest BCUT2D eigenvalue weighted by Gasteiger charge is -2.21. The van der Waals surface area contributed by atoms with Crippen LogP contribution in [0.25, 0.3) is 10.8 Å². The highest BCUT2D eigenvalue weighted by Crippen LogP contribution is 2.26. The van der Waals surface area contributed by atoms with Crippen LogP contribution < -0.4 is 10.1 Å². The molecule has 2 rings (SSSR count). The Balaban J connectivity index is 2.31. The van der Waals surface area contributed by atoms with Crippen LogP contribution in [0.1, 0.15) is 32.3 Å². The number of rotatable bonds is 5. The summed E-state index contributed by atoms with van der Waals surface area (Å²) in [4.78, 5) is 0. The topological polar surface area (TPSA) is 21.3 Å². The van der Waals surface area contributed by atoms with Gasteiger partial charge in [-0.3, -0.25) is 0 Å². The lowest BCUT2D eigenvalue weighted by molar-refractivity contribution is 0.415. The molecule has 2 aromatic rings. The van der Waals surface area contributed by atoms with Crippen molar-refractivity contribution in [2.75, 3.05) is 13.7 Å². The smallest absolute Gasteiger partial charge is 0.119 e. The van der Waals surface area contributed by atoms with Gasteiger partial charge in [-0.1, -0.05) is 38.1 Å². The van der Waals surface area contributed by atoms with Crippen molar-refractivity contribution in [1.82, 2.24) is 5.32 Å². The Hall–Kier alpha value is -1.54. The molecule has 2 heteroatoms. The molecular weight excluding hydrogens is 234 g/mol. The minimum absolute atomic E-state index is 0.487. The van der Waals surface area contributed by atoms with E-state index in [2.05, 4.69) is 56.4 Å². The first kappa shape index (κ1) is 13.9. The van der Waals surface area contributed by atoms with Gasteiger partial charge in [0.05, 0.1) is 7.11 Å². The Kier molecular flexibility index (Phi) is 4.43. The number of hydrogen-bond donors (Lipinski definition) is 1. The predicted molar refractivity (Wildman–Crippen MR) is 82.1 cm³/mol. The minimum Gasteiger partial charge on any atom is -0.497 e. The van der Waals surface area contributed by atoms with Crippen LogP contribution in [0.4, 0.5) is 0 Å². The summed E-state index contributed by atoms with van der Waals surface area (Å²) >= 11 is 0. The quantitative estimate of drug-likeness (QED) is 0.875. The maximum absolute atomic E-state index is 5.26. The first-order chi connectivity index (χ1) is 9.15. The summed E-state index contributed by atoms with van der Waals surface area (Å²) in [6.45, 7) is 7.68. The van der Waals surface area contributed by atoms with Crippen molar-refractivity contribution in [3.8, 4) is 5.75 Å². The molecule has 0 fully saturated rings. The van der Waals surface area contributed by atoms with Crippen LogP contribution in [-0.2, 0) is 0 Å². The molecule has 0 amide bonds. The maximum Gasteiger partial charge on any atom is 0.119 e. The Labute approximate surface area is 115 Å². The largest absolute Gasteiger partial charge is 0.497 e. The van der Waals surface area contributed by atoms with Crippen molar-refractivity contribution in [1.29, 1.82) is 0 Å². The molecule has 1 N–H and O–H groups in total. The third-order valence-corrected chi connectivity index (χ3v) is 3.87. The number of fused-ring (bicyclic) bond motifs is 1. The molecule has 102 valence electrons. The molecule has 19 heavy (non-hydrogen) atoms. The maximum atomic E-state index is 5.26. The van der Waals surface area contributed by atoms with Crippen molar-refractivity contribution >= 4 is 10.8 Å². The lowest BCUT2D eigenvalue weighted by atomic mass is 9.92. The third-order valence-electron chi connectivity index (χ3n) is 3.87. The molecule has 0 heterocycles. The average Bonchev–Trinajstić information content (AvgIpc) is 2.45. The van der Waals surface area contributed by atoms with Gasteiger partial charge in [-0.25, -0.2) is 0 Å². The van der Waals surface area contributed by atoms with Crippen molar-refractivity contribution in [2.24, 2.45) is 0 Å². The van der Waals surface area contributed by atoms with E-state index in [4.69, 9.17) is 4.74 Å². The second-order valence-electron chi connectivity index (χ2n) is 5.11.